The summed E-state index contributed by atoms with van der Waals surface area (Å²) in [6.45, 7) is 8.23. The lowest BCUT2D eigenvalue weighted by Crippen LogP contribution is -2.38. The van der Waals surface area contributed by atoms with Crippen LogP contribution < -0.4 is 5.73 Å². The molecule has 0 aromatic heterocycles. The summed E-state index contributed by atoms with van der Waals surface area (Å²) in [7, 11) is 1.71. The first-order valence-corrected chi connectivity index (χ1v) is 4.71. The number of hydrogen-bond donors (Lipinski definition) is 1. The number of methoxy groups -OCH3 is 1. The van der Waals surface area contributed by atoms with Gasteiger partial charge < -0.3 is 15.4 Å². The molecule has 0 aromatic rings. The number of hydrogen-bond acceptors (Lipinski definition) is 3. The predicted octanol–water partition coefficient (Wildman–Crippen LogP) is 0.692. The Bertz CT molecular complexity index is 94.5. The van der Waals surface area contributed by atoms with Crippen molar-refractivity contribution in [2.75, 3.05) is 33.4 Å². The molecule has 12 heavy (non-hydrogen) atoms. The number of nitrogens with two attached hydrogens (primary N) is 1. The van der Waals surface area contributed by atoms with Crippen LogP contribution in [-0.2, 0) is 4.74 Å². The van der Waals surface area contributed by atoms with Gasteiger partial charge in [-0.25, -0.2) is 0 Å². The van der Waals surface area contributed by atoms with Gasteiger partial charge in [-0.05, 0) is 19.5 Å². The van der Waals surface area contributed by atoms with E-state index in [4.69, 9.17) is 10.5 Å². The van der Waals surface area contributed by atoms with Gasteiger partial charge in [0.05, 0.1) is 0 Å². The van der Waals surface area contributed by atoms with Crippen LogP contribution in [0.2, 0.25) is 0 Å². The van der Waals surface area contributed by atoms with E-state index in [1.807, 2.05) is 0 Å². The second kappa shape index (κ2) is 7.53. The summed E-state index contributed by atoms with van der Waals surface area (Å²) in [6, 6.07) is 0.254. The average Bonchev–Trinajstić information content (AvgIpc) is 2.10. The van der Waals surface area contributed by atoms with E-state index in [0.717, 1.165) is 32.7 Å². The molecule has 0 amide bonds. The minimum atomic E-state index is 0.254. The Balaban J connectivity index is 3.44. The fraction of sp³-hybridized carbons (Fsp3) is 1.00. The number of likely N-dealkylation sites (N-methyl/N-ethyl adjacent to an activating group) is 1. The molecular formula is C9H22N2O. The molecule has 0 aliphatic rings. The van der Waals surface area contributed by atoms with E-state index >= 15 is 0 Å². The Morgan fingerprint density at radius 3 is 2.33 bits per heavy atom. The summed E-state index contributed by atoms with van der Waals surface area (Å²) in [5.41, 5.74) is 5.89. The van der Waals surface area contributed by atoms with Crippen LogP contribution in [0.25, 0.3) is 0 Å². The zero-order valence-electron chi connectivity index (χ0n) is 8.55. The van der Waals surface area contributed by atoms with Gasteiger partial charge in [-0.3, -0.25) is 0 Å². The van der Waals surface area contributed by atoms with Crippen molar-refractivity contribution < 1.29 is 4.74 Å². The molecule has 1 unspecified atom stereocenters. The van der Waals surface area contributed by atoms with Crippen LogP contribution in [0.1, 0.15) is 20.3 Å². The topological polar surface area (TPSA) is 38.5 Å². The van der Waals surface area contributed by atoms with E-state index in [1.54, 1.807) is 7.11 Å². The van der Waals surface area contributed by atoms with Gasteiger partial charge in [0.1, 0.15) is 0 Å². The molecule has 0 aliphatic carbocycles. The molecule has 74 valence electrons. The maximum atomic E-state index is 5.89. The van der Waals surface area contributed by atoms with Crippen LogP contribution in [0.15, 0.2) is 0 Å². The number of ether oxygens (including phenoxy) is 1. The molecule has 0 aromatic carbocycles. The second-order valence-corrected chi connectivity index (χ2v) is 3.03. The summed E-state index contributed by atoms with van der Waals surface area (Å²) in [6.07, 6.45) is 0.951. The molecule has 0 aliphatic heterocycles. The van der Waals surface area contributed by atoms with Gasteiger partial charge in [-0.15, -0.1) is 0 Å². The minimum absolute atomic E-state index is 0.254. The molecule has 3 nitrogen and oxygen atoms in total. The predicted molar refractivity (Wildman–Crippen MR) is 52.3 cm³/mol. The quantitative estimate of drug-likeness (QED) is 0.617. The molecule has 0 radical (unpaired) electrons. The summed E-state index contributed by atoms with van der Waals surface area (Å²) < 4.78 is 4.96. The third-order valence-corrected chi connectivity index (χ3v) is 2.08. The fourth-order valence-corrected chi connectivity index (χ4v) is 1.17. The van der Waals surface area contributed by atoms with Crippen molar-refractivity contribution in [2.24, 2.45) is 5.73 Å². The lowest BCUT2D eigenvalue weighted by atomic mass is 10.2. The largest absolute Gasteiger partial charge is 0.385 e. The fourth-order valence-electron chi connectivity index (χ4n) is 1.17. The average molecular weight is 174 g/mol. The van der Waals surface area contributed by atoms with Crippen molar-refractivity contribution in [1.29, 1.82) is 0 Å². The Morgan fingerprint density at radius 1 is 1.33 bits per heavy atom. The Morgan fingerprint density at radius 2 is 1.92 bits per heavy atom. The summed E-state index contributed by atoms with van der Waals surface area (Å²) in [5.74, 6) is 0. The van der Waals surface area contributed by atoms with Gasteiger partial charge in [-0.1, -0.05) is 13.8 Å². The van der Waals surface area contributed by atoms with Crippen molar-refractivity contribution >= 4 is 0 Å². The molecule has 0 saturated carbocycles. The smallest absolute Gasteiger partial charge is 0.0477 e. The lowest BCUT2D eigenvalue weighted by molar-refractivity contribution is 0.177. The number of rotatable bonds is 7. The van der Waals surface area contributed by atoms with Crippen molar-refractivity contribution in [3.63, 3.8) is 0 Å². The molecule has 0 fully saturated rings. The standard InChI is InChI=1S/C9H22N2O/c1-4-11(5-2)8-9(10)6-7-12-3/h9H,4-8,10H2,1-3H3. The van der Waals surface area contributed by atoms with Gasteiger partial charge in [0.25, 0.3) is 0 Å². The highest BCUT2D eigenvalue weighted by molar-refractivity contribution is 4.66. The molecule has 0 rings (SSSR count). The second-order valence-electron chi connectivity index (χ2n) is 3.03. The van der Waals surface area contributed by atoms with Gasteiger partial charge in [0.2, 0.25) is 0 Å². The van der Waals surface area contributed by atoms with Crippen molar-refractivity contribution in [3.8, 4) is 0 Å². The minimum Gasteiger partial charge on any atom is -0.385 e. The maximum Gasteiger partial charge on any atom is 0.0477 e. The monoisotopic (exact) mass is 174 g/mol. The first-order valence-electron chi connectivity index (χ1n) is 4.71. The Kier molecular flexibility index (Phi) is 7.45. The van der Waals surface area contributed by atoms with Crippen molar-refractivity contribution in [1.82, 2.24) is 4.90 Å². The van der Waals surface area contributed by atoms with Crippen LogP contribution in [0.4, 0.5) is 0 Å². The van der Waals surface area contributed by atoms with E-state index < -0.39 is 0 Å². The van der Waals surface area contributed by atoms with Crippen LogP contribution in [0, 0.1) is 0 Å². The van der Waals surface area contributed by atoms with E-state index in [1.165, 1.54) is 0 Å². The van der Waals surface area contributed by atoms with Crippen LogP contribution in [0.3, 0.4) is 0 Å². The SMILES string of the molecule is CCN(CC)CC(N)CCOC. The van der Waals surface area contributed by atoms with Gasteiger partial charge >= 0.3 is 0 Å². The van der Waals surface area contributed by atoms with E-state index in [0.29, 0.717) is 0 Å². The van der Waals surface area contributed by atoms with E-state index in [2.05, 4.69) is 18.7 Å². The summed E-state index contributed by atoms with van der Waals surface area (Å²) in [4.78, 5) is 2.33. The summed E-state index contributed by atoms with van der Waals surface area (Å²) >= 11 is 0. The molecule has 1 atom stereocenters. The van der Waals surface area contributed by atoms with Crippen molar-refractivity contribution in [3.05, 3.63) is 0 Å². The van der Waals surface area contributed by atoms with Gasteiger partial charge in [0.15, 0.2) is 0 Å². The lowest BCUT2D eigenvalue weighted by Gasteiger charge is -2.22. The van der Waals surface area contributed by atoms with Crippen LogP contribution in [-0.4, -0.2) is 44.3 Å². The third kappa shape index (κ3) is 5.52. The molecule has 2 N–H and O–H groups in total. The molecule has 0 spiro atoms. The van der Waals surface area contributed by atoms with Crippen LogP contribution >= 0.6 is 0 Å². The first kappa shape index (κ1) is 11.9. The highest BCUT2D eigenvalue weighted by Gasteiger charge is 2.06. The van der Waals surface area contributed by atoms with Crippen molar-refractivity contribution in [2.45, 2.75) is 26.3 Å². The molecule has 0 bridgehead atoms. The van der Waals surface area contributed by atoms with Crippen LogP contribution in [0.5, 0.6) is 0 Å². The summed E-state index contributed by atoms with van der Waals surface area (Å²) in [5, 5.41) is 0. The highest BCUT2D eigenvalue weighted by Crippen LogP contribution is 1.94. The zero-order chi connectivity index (χ0) is 9.40. The number of nitrogens with zero attached hydrogens (tertiary/aromatic N) is 1. The maximum absolute atomic E-state index is 5.89. The van der Waals surface area contributed by atoms with Gasteiger partial charge in [0, 0.05) is 26.3 Å². The van der Waals surface area contributed by atoms with E-state index in [9.17, 15) is 0 Å². The first-order chi connectivity index (χ1) is 5.74. The normalized spacial score (nSPS) is 13.8. The third-order valence-electron chi connectivity index (χ3n) is 2.08. The molecule has 0 saturated heterocycles. The molecule has 3 heteroatoms. The molecule has 0 heterocycles. The van der Waals surface area contributed by atoms with Gasteiger partial charge in [-0.2, -0.15) is 0 Å². The highest BCUT2D eigenvalue weighted by atomic mass is 16.5. The Labute approximate surface area is 75.9 Å². The molecular weight excluding hydrogens is 152 g/mol. The van der Waals surface area contributed by atoms with E-state index in [-0.39, 0.29) is 6.04 Å². The Hall–Kier alpha value is -0.120. The zero-order valence-corrected chi connectivity index (χ0v) is 8.55.